The predicted molar refractivity (Wildman–Crippen MR) is 145 cm³/mol. The molecule has 188 valence electrons. The molecule has 0 saturated carbocycles. The Morgan fingerprint density at radius 1 is 1.30 bits per heavy atom. The van der Waals surface area contributed by atoms with E-state index < -0.39 is 5.92 Å². The number of anilines is 2. The fourth-order valence-corrected chi connectivity index (χ4v) is 6.92. The number of carbonyl (C=O) groups excluding carboxylic acids is 2. The van der Waals surface area contributed by atoms with E-state index in [1.54, 1.807) is 36.3 Å². The molecule has 1 amide bonds. The number of methoxy groups -OCH3 is 1. The summed E-state index contributed by atoms with van der Waals surface area (Å²) in [6, 6.07) is 13.2. The summed E-state index contributed by atoms with van der Waals surface area (Å²) in [4.78, 5) is 28.2. The zero-order chi connectivity index (χ0) is 25.9. The Bertz CT molecular complexity index is 1440. The van der Waals surface area contributed by atoms with Crippen molar-refractivity contribution in [1.29, 1.82) is 5.26 Å². The van der Waals surface area contributed by atoms with Crippen molar-refractivity contribution in [3.8, 4) is 11.8 Å². The summed E-state index contributed by atoms with van der Waals surface area (Å²) in [5, 5.41) is 23.8. The molecule has 0 bridgehead atoms. The second kappa shape index (κ2) is 10.8. The Labute approximate surface area is 225 Å². The minimum absolute atomic E-state index is 0.0271. The van der Waals surface area contributed by atoms with Crippen LogP contribution in [0.3, 0.4) is 0 Å². The van der Waals surface area contributed by atoms with Gasteiger partial charge < -0.3 is 15.8 Å². The molecule has 0 fully saturated rings. The molecule has 5 rings (SSSR count). The van der Waals surface area contributed by atoms with E-state index in [0.29, 0.717) is 51.3 Å². The Balaban J connectivity index is 1.37. The largest absolute Gasteiger partial charge is 0.497 e. The van der Waals surface area contributed by atoms with Crippen LogP contribution in [-0.2, 0) is 9.59 Å². The third kappa shape index (κ3) is 4.98. The lowest BCUT2D eigenvalue weighted by Gasteiger charge is -2.37. The number of nitrogens with one attached hydrogen (secondary N) is 1. The maximum absolute atomic E-state index is 13.1. The average molecular weight is 551 g/mol. The van der Waals surface area contributed by atoms with Crippen molar-refractivity contribution >= 4 is 56.9 Å². The van der Waals surface area contributed by atoms with Crippen LogP contribution in [0.4, 0.5) is 10.8 Å². The quantitative estimate of drug-likeness (QED) is 0.403. The molecule has 3 N–H and O–H groups in total. The summed E-state index contributed by atoms with van der Waals surface area (Å²) in [5.41, 5.74) is 8.94. The maximum atomic E-state index is 13.1. The van der Waals surface area contributed by atoms with Gasteiger partial charge in [0, 0.05) is 28.3 Å². The van der Waals surface area contributed by atoms with E-state index in [1.807, 2.05) is 17.5 Å². The van der Waals surface area contributed by atoms with Crippen LogP contribution < -0.4 is 20.7 Å². The van der Waals surface area contributed by atoms with Gasteiger partial charge in [-0.2, -0.15) is 5.26 Å². The van der Waals surface area contributed by atoms with E-state index >= 15 is 0 Å². The molecule has 2 aromatic heterocycles. The van der Waals surface area contributed by atoms with Crippen molar-refractivity contribution < 1.29 is 14.3 Å². The standard InChI is InChI=1S/C25H22N6O3S3/c1-34-15-9-7-14(8-10-15)28-20(33)13-36-25-30-29-24(37-25)31-17-4-2-5-18(32)22(17)21(16(12-26)23(31)27)19-6-3-11-35-19/h3,6-11,21H,2,4-5,13,27H2,1H3,(H,28,33). The Hall–Kier alpha value is -3.66. The molecule has 1 aromatic carbocycles. The molecule has 1 atom stereocenters. The van der Waals surface area contributed by atoms with E-state index in [4.69, 9.17) is 10.5 Å². The van der Waals surface area contributed by atoms with Crippen molar-refractivity contribution in [2.24, 2.45) is 5.73 Å². The van der Waals surface area contributed by atoms with E-state index in [0.717, 1.165) is 10.6 Å². The van der Waals surface area contributed by atoms with E-state index in [1.165, 1.54) is 34.4 Å². The van der Waals surface area contributed by atoms with Crippen LogP contribution in [0.15, 0.2) is 68.8 Å². The molecule has 1 aliphatic carbocycles. The minimum atomic E-state index is -0.465. The van der Waals surface area contributed by atoms with Crippen LogP contribution in [0.25, 0.3) is 0 Å². The highest BCUT2D eigenvalue weighted by atomic mass is 32.2. The van der Waals surface area contributed by atoms with Crippen LogP contribution in [0.2, 0.25) is 0 Å². The number of ether oxygens (including phenoxy) is 1. The summed E-state index contributed by atoms with van der Waals surface area (Å²) in [6.45, 7) is 0. The van der Waals surface area contributed by atoms with Gasteiger partial charge >= 0.3 is 0 Å². The summed E-state index contributed by atoms with van der Waals surface area (Å²) >= 11 is 4.03. The zero-order valence-electron chi connectivity index (χ0n) is 19.8. The van der Waals surface area contributed by atoms with Gasteiger partial charge in [0.05, 0.1) is 30.4 Å². The van der Waals surface area contributed by atoms with Gasteiger partial charge in [-0.05, 0) is 48.6 Å². The normalized spacial score (nSPS) is 17.5. The van der Waals surface area contributed by atoms with E-state index in [-0.39, 0.29) is 23.3 Å². The summed E-state index contributed by atoms with van der Waals surface area (Å²) in [5.74, 6) is 0.491. The molecule has 0 radical (unpaired) electrons. The molecule has 1 aliphatic heterocycles. The van der Waals surface area contributed by atoms with Crippen LogP contribution in [0.1, 0.15) is 30.1 Å². The number of aromatic nitrogens is 2. The van der Waals surface area contributed by atoms with Gasteiger partial charge in [-0.15, -0.1) is 21.5 Å². The number of hydrogen-bond donors (Lipinski definition) is 2. The first-order valence-corrected chi connectivity index (χ1v) is 14.1. The number of nitrogens with zero attached hydrogens (tertiary/aromatic N) is 4. The first-order valence-electron chi connectivity index (χ1n) is 11.4. The van der Waals surface area contributed by atoms with Gasteiger partial charge in [-0.3, -0.25) is 14.5 Å². The molecule has 0 saturated heterocycles. The molecule has 3 aromatic rings. The summed E-state index contributed by atoms with van der Waals surface area (Å²) < 4.78 is 5.71. The molecule has 1 unspecified atom stereocenters. The number of rotatable bonds is 7. The van der Waals surface area contributed by atoms with Gasteiger partial charge in [0.25, 0.3) is 0 Å². The molecular formula is C25H22N6O3S3. The number of nitriles is 1. The van der Waals surface area contributed by atoms with Gasteiger partial charge in [-0.1, -0.05) is 29.2 Å². The summed E-state index contributed by atoms with van der Waals surface area (Å²) in [7, 11) is 1.58. The van der Waals surface area contributed by atoms with Gasteiger partial charge in [0.1, 0.15) is 11.6 Å². The number of hydrogen-bond acceptors (Lipinski definition) is 11. The number of amides is 1. The lowest BCUT2D eigenvalue weighted by atomic mass is 9.78. The number of nitrogens with two attached hydrogens (primary N) is 1. The van der Waals surface area contributed by atoms with Crippen molar-refractivity contribution in [1.82, 2.24) is 10.2 Å². The number of thiophene rings is 1. The maximum Gasteiger partial charge on any atom is 0.234 e. The van der Waals surface area contributed by atoms with Gasteiger partial charge in [-0.25, -0.2) is 0 Å². The van der Waals surface area contributed by atoms with Crippen LogP contribution in [0.5, 0.6) is 5.75 Å². The Kier molecular flexibility index (Phi) is 7.27. The first-order chi connectivity index (χ1) is 18.0. The minimum Gasteiger partial charge on any atom is -0.497 e. The van der Waals surface area contributed by atoms with Gasteiger partial charge in [0.15, 0.2) is 10.1 Å². The van der Waals surface area contributed by atoms with Crippen molar-refractivity contribution in [2.45, 2.75) is 29.5 Å². The molecule has 2 aliphatic rings. The second-order valence-corrected chi connectivity index (χ2v) is 11.4. The zero-order valence-corrected chi connectivity index (χ0v) is 22.2. The van der Waals surface area contributed by atoms with Crippen molar-refractivity contribution in [3.05, 3.63) is 69.3 Å². The SMILES string of the molecule is COc1ccc(NC(=O)CSc2nnc(N3C(N)=C(C#N)C(c4cccs4)C4=C3CCCC4=O)s2)cc1. The fourth-order valence-electron chi connectivity index (χ4n) is 4.39. The van der Waals surface area contributed by atoms with Gasteiger partial charge in [0.2, 0.25) is 11.0 Å². The average Bonchev–Trinajstić information content (AvgIpc) is 3.60. The molecule has 37 heavy (non-hydrogen) atoms. The van der Waals surface area contributed by atoms with E-state index in [2.05, 4.69) is 21.6 Å². The van der Waals surface area contributed by atoms with Crippen LogP contribution in [-0.4, -0.2) is 34.8 Å². The number of Topliss-reactive ketones (excluding diaryl/α,β-unsaturated/α-hetero) is 1. The predicted octanol–water partition coefficient (Wildman–Crippen LogP) is 4.64. The summed E-state index contributed by atoms with van der Waals surface area (Å²) in [6.07, 6.45) is 1.79. The topological polar surface area (TPSA) is 134 Å². The molecule has 3 heterocycles. The van der Waals surface area contributed by atoms with Crippen molar-refractivity contribution in [3.63, 3.8) is 0 Å². The highest BCUT2D eigenvalue weighted by Crippen LogP contribution is 2.47. The molecule has 0 spiro atoms. The molecular weight excluding hydrogens is 529 g/mol. The van der Waals surface area contributed by atoms with Crippen LogP contribution >= 0.6 is 34.4 Å². The fraction of sp³-hybridized carbons (Fsp3) is 0.240. The third-order valence-electron chi connectivity index (χ3n) is 6.03. The Morgan fingerprint density at radius 3 is 2.81 bits per heavy atom. The highest BCUT2D eigenvalue weighted by Gasteiger charge is 2.41. The monoisotopic (exact) mass is 550 g/mol. The van der Waals surface area contributed by atoms with E-state index in [9.17, 15) is 14.9 Å². The lowest BCUT2D eigenvalue weighted by molar-refractivity contribution is -0.116. The molecule has 12 heteroatoms. The Morgan fingerprint density at radius 2 is 2.11 bits per heavy atom. The number of carbonyl (C=O) groups is 2. The first kappa shape index (κ1) is 25.0. The van der Waals surface area contributed by atoms with Crippen molar-refractivity contribution in [2.75, 3.05) is 23.1 Å². The number of benzene rings is 1. The third-order valence-corrected chi connectivity index (χ3v) is 9.01. The number of ketones is 1. The molecule has 9 nitrogen and oxygen atoms in total. The number of allylic oxidation sites excluding steroid dienone is 3. The highest BCUT2D eigenvalue weighted by molar-refractivity contribution is 8.01. The lowest BCUT2D eigenvalue weighted by Crippen LogP contribution is -2.38. The smallest absolute Gasteiger partial charge is 0.234 e. The van der Waals surface area contributed by atoms with Crippen LogP contribution in [0, 0.1) is 11.3 Å². The second-order valence-electron chi connectivity index (χ2n) is 8.25. The number of thioether (sulfide) groups is 1.